The fraction of sp³-hybridized carbons (Fsp3) is 0.833. The van der Waals surface area contributed by atoms with Gasteiger partial charge in [-0.15, -0.1) is 0 Å². The van der Waals surface area contributed by atoms with Gasteiger partial charge in [0.2, 0.25) is 0 Å². The Morgan fingerprint density at radius 1 is 1.70 bits per heavy atom. The molecule has 0 heterocycles. The number of carbonyl (C=O) groups is 1. The van der Waals surface area contributed by atoms with Crippen molar-refractivity contribution >= 4 is 5.91 Å². The van der Waals surface area contributed by atoms with Gasteiger partial charge in [0.05, 0.1) is 0 Å². The van der Waals surface area contributed by atoms with Gasteiger partial charge in [-0.2, -0.15) is 0 Å². The molecule has 0 aliphatic heterocycles. The average Bonchev–Trinajstić information content (AvgIpc) is 1.88. The molecule has 0 unspecified atom stereocenters. The van der Waals surface area contributed by atoms with Crippen LogP contribution in [0.25, 0.3) is 0 Å². The summed E-state index contributed by atoms with van der Waals surface area (Å²) in [5.74, 6) is 4.92. The second-order valence-corrected chi connectivity index (χ2v) is 2.06. The number of rotatable bonds is 4. The van der Waals surface area contributed by atoms with Crippen molar-refractivity contribution in [3.8, 4) is 0 Å². The summed E-state index contributed by atoms with van der Waals surface area (Å²) in [6.07, 6.45) is 0.918. The number of hydrogen-bond acceptors (Lipinski definition) is 3. The molecule has 2 N–H and O–H groups in total. The maximum atomic E-state index is 10.7. The molecule has 0 aliphatic rings. The van der Waals surface area contributed by atoms with Gasteiger partial charge in [-0.1, -0.05) is 6.92 Å². The van der Waals surface area contributed by atoms with E-state index in [1.165, 1.54) is 7.05 Å². The molecule has 0 fully saturated rings. The second-order valence-electron chi connectivity index (χ2n) is 2.06. The molecule has 0 atom stereocenters. The molecule has 4 heteroatoms. The topological polar surface area (TPSA) is 55.6 Å². The number of amides is 1. The lowest BCUT2D eigenvalue weighted by atomic mass is 10.5. The van der Waals surface area contributed by atoms with Crippen molar-refractivity contribution in [1.82, 2.24) is 5.01 Å². The van der Waals surface area contributed by atoms with E-state index in [4.69, 9.17) is 10.6 Å². The largest absolute Gasteiger partial charge is 0.372 e. The number of carbonyl (C=O) groups excluding carboxylic acids is 1. The van der Waals surface area contributed by atoms with Gasteiger partial charge >= 0.3 is 0 Å². The molecular formula is C6H14N2O2. The third-order valence-electron chi connectivity index (χ3n) is 0.967. The predicted molar refractivity (Wildman–Crippen MR) is 38.1 cm³/mol. The zero-order valence-electron chi connectivity index (χ0n) is 6.46. The number of hydrogen-bond donors (Lipinski definition) is 1. The summed E-state index contributed by atoms with van der Waals surface area (Å²) >= 11 is 0. The van der Waals surface area contributed by atoms with Crippen molar-refractivity contribution < 1.29 is 9.53 Å². The quantitative estimate of drug-likeness (QED) is 0.257. The van der Waals surface area contributed by atoms with Crippen molar-refractivity contribution in [1.29, 1.82) is 0 Å². The number of nitrogens with zero attached hydrogens (tertiary/aromatic N) is 1. The summed E-state index contributed by atoms with van der Waals surface area (Å²) in [6.45, 7) is 2.68. The van der Waals surface area contributed by atoms with Crippen LogP contribution in [0, 0.1) is 0 Å². The summed E-state index contributed by atoms with van der Waals surface area (Å²) in [4.78, 5) is 10.7. The predicted octanol–water partition coefficient (Wildman–Crippen LogP) is -0.255. The Bertz CT molecular complexity index is 104. The van der Waals surface area contributed by atoms with Crippen molar-refractivity contribution in [3.63, 3.8) is 0 Å². The van der Waals surface area contributed by atoms with Crippen LogP contribution in [0.1, 0.15) is 13.3 Å². The Labute approximate surface area is 60.9 Å². The van der Waals surface area contributed by atoms with Crippen LogP contribution in [0.2, 0.25) is 0 Å². The summed E-state index contributed by atoms with van der Waals surface area (Å²) in [5.41, 5.74) is 0. The molecule has 60 valence electrons. The van der Waals surface area contributed by atoms with Gasteiger partial charge in [0.1, 0.15) is 6.61 Å². The van der Waals surface area contributed by atoms with Crippen LogP contribution < -0.4 is 5.84 Å². The molecule has 1 amide bonds. The van der Waals surface area contributed by atoms with Gasteiger partial charge in [0.25, 0.3) is 5.91 Å². The Morgan fingerprint density at radius 2 is 2.30 bits per heavy atom. The minimum Gasteiger partial charge on any atom is -0.372 e. The molecular weight excluding hydrogens is 132 g/mol. The van der Waals surface area contributed by atoms with Crippen LogP contribution in [-0.4, -0.2) is 31.2 Å². The van der Waals surface area contributed by atoms with Crippen molar-refractivity contribution in [3.05, 3.63) is 0 Å². The molecule has 0 rings (SSSR count). The maximum absolute atomic E-state index is 10.7. The number of likely N-dealkylation sites (N-methyl/N-ethyl adjacent to an activating group) is 1. The Balaban J connectivity index is 3.22. The Hall–Kier alpha value is -0.610. The zero-order chi connectivity index (χ0) is 7.98. The third-order valence-corrected chi connectivity index (χ3v) is 0.967. The summed E-state index contributed by atoms with van der Waals surface area (Å²) in [7, 11) is 1.50. The van der Waals surface area contributed by atoms with E-state index in [1.807, 2.05) is 6.92 Å². The maximum Gasteiger partial charge on any atom is 0.262 e. The molecule has 0 aliphatic carbocycles. The van der Waals surface area contributed by atoms with Crippen molar-refractivity contribution in [2.45, 2.75) is 13.3 Å². The van der Waals surface area contributed by atoms with E-state index in [1.54, 1.807) is 0 Å². The smallest absolute Gasteiger partial charge is 0.262 e. The van der Waals surface area contributed by atoms with E-state index >= 15 is 0 Å². The lowest BCUT2D eigenvalue weighted by Crippen LogP contribution is -2.36. The van der Waals surface area contributed by atoms with Crippen LogP contribution in [0.15, 0.2) is 0 Å². The standard InChI is InChI=1S/C6H14N2O2/c1-3-4-10-5-6(9)8(2)7/h3-5,7H2,1-2H3. The monoisotopic (exact) mass is 146 g/mol. The van der Waals surface area contributed by atoms with Crippen LogP contribution in [-0.2, 0) is 9.53 Å². The van der Waals surface area contributed by atoms with Crippen LogP contribution in [0.4, 0.5) is 0 Å². The lowest BCUT2D eigenvalue weighted by molar-refractivity contribution is -0.135. The molecule has 0 saturated heterocycles. The zero-order valence-corrected chi connectivity index (χ0v) is 6.46. The van der Waals surface area contributed by atoms with Crippen LogP contribution in [0.3, 0.4) is 0 Å². The van der Waals surface area contributed by atoms with Gasteiger partial charge in [-0.25, -0.2) is 5.84 Å². The number of ether oxygens (including phenoxy) is 1. The molecule has 0 aromatic heterocycles. The highest BCUT2D eigenvalue weighted by Gasteiger charge is 2.02. The Kier molecular flexibility index (Phi) is 4.88. The summed E-state index contributed by atoms with van der Waals surface area (Å²) in [6, 6.07) is 0. The third kappa shape index (κ3) is 4.29. The fourth-order valence-corrected chi connectivity index (χ4v) is 0.406. The van der Waals surface area contributed by atoms with Crippen LogP contribution in [0.5, 0.6) is 0 Å². The van der Waals surface area contributed by atoms with E-state index in [0.29, 0.717) is 6.61 Å². The Morgan fingerprint density at radius 3 is 2.70 bits per heavy atom. The molecule has 4 nitrogen and oxygen atoms in total. The molecule has 0 aromatic carbocycles. The van der Waals surface area contributed by atoms with Gasteiger partial charge < -0.3 is 4.74 Å². The second kappa shape index (κ2) is 5.20. The van der Waals surface area contributed by atoms with E-state index in [-0.39, 0.29) is 12.5 Å². The van der Waals surface area contributed by atoms with Gasteiger partial charge in [-0.3, -0.25) is 9.80 Å². The number of hydrazine groups is 1. The normalized spacial score (nSPS) is 9.50. The van der Waals surface area contributed by atoms with Crippen LogP contribution >= 0.6 is 0 Å². The average molecular weight is 146 g/mol. The molecule has 0 spiro atoms. The first-order valence-electron chi connectivity index (χ1n) is 3.27. The first kappa shape index (κ1) is 9.39. The summed E-state index contributed by atoms with van der Waals surface area (Å²) in [5, 5.41) is 1.02. The minimum atomic E-state index is -0.201. The van der Waals surface area contributed by atoms with E-state index in [9.17, 15) is 4.79 Å². The molecule has 0 aromatic rings. The van der Waals surface area contributed by atoms with Gasteiger partial charge in [0, 0.05) is 13.7 Å². The first-order chi connectivity index (χ1) is 4.68. The van der Waals surface area contributed by atoms with E-state index in [0.717, 1.165) is 11.4 Å². The van der Waals surface area contributed by atoms with E-state index in [2.05, 4.69) is 0 Å². The minimum absolute atomic E-state index is 0.0842. The molecule has 0 bridgehead atoms. The number of nitrogens with two attached hydrogens (primary N) is 1. The highest BCUT2D eigenvalue weighted by molar-refractivity contribution is 5.76. The molecule has 0 radical (unpaired) electrons. The fourth-order valence-electron chi connectivity index (χ4n) is 0.406. The SMILES string of the molecule is CCCOCC(=O)N(C)N. The van der Waals surface area contributed by atoms with Crippen molar-refractivity contribution in [2.24, 2.45) is 5.84 Å². The van der Waals surface area contributed by atoms with Gasteiger partial charge in [-0.05, 0) is 6.42 Å². The lowest BCUT2D eigenvalue weighted by Gasteiger charge is -2.08. The highest BCUT2D eigenvalue weighted by atomic mass is 16.5. The first-order valence-corrected chi connectivity index (χ1v) is 3.27. The molecule has 10 heavy (non-hydrogen) atoms. The van der Waals surface area contributed by atoms with Gasteiger partial charge in [0.15, 0.2) is 0 Å². The molecule has 0 saturated carbocycles. The van der Waals surface area contributed by atoms with E-state index < -0.39 is 0 Å². The van der Waals surface area contributed by atoms with Crippen molar-refractivity contribution in [2.75, 3.05) is 20.3 Å². The summed E-state index contributed by atoms with van der Waals surface area (Å²) < 4.78 is 4.93. The highest BCUT2D eigenvalue weighted by Crippen LogP contribution is 1.81.